The minimum absolute atomic E-state index is 0.0478. The van der Waals surface area contributed by atoms with E-state index in [1.807, 2.05) is 0 Å². The maximum atomic E-state index is 11.5. The maximum absolute atomic E-state index is 11.5. The molecule has 0 bridgehead atoms. The van der Waals surface area contributed by atoms with Crippen LogP contribution in [0.3, 0.4) is 0 Å². The Labute approximate surface area is 87.5 Å². The number of aliphatic carboxylic acids is 1. The van der Waals surface area contributed by atoms with Crippen molar-refractivity contribution in [3.63, 3.8) is 0 Å². The minimum atomic E-state index is -1.11. The van der Waals surface area contributed by atoms with Crippen molar-refractivity contribution in [3.8, 4) is 0 Å². The lowest BCUT2D eigenvalue weighted by molar-refractivity contribution is -0.145. The van der Waals surface area contributed by atoms with Gasteiger partial charge in [-0.25, -0.2) is 4.79 Å². The van der Waals surface area contributed by atoms with Crippen LogP contribution in [0, 0.1) is 0 Å². The second-order valence-corrected chi connectivity index (χ2v) is 3.36. The van der Waals surface area contributed by atoms with Gasteiger partial charge >= 0.3 is 5.97 Å². The van der Waals surface area contributed by atoms with Gasteiger partial charge in [0.15, 0.2) is 6.04 Å². The number of carbonyl (C=O) groups is 2. The quantitative estimate of drug-likeness (QED) is 0.641. The second kappa shape index (κ2) is 5.67. The summed E-state index contributed by atoms with van der Waals surface area (Å²) in [5, 5.41) is 11.1. The lowest BCUT2D eigenvalue weighted by Crippen LogP contribution is -2.47. The molecule has 6 nitrogen and oxygen atoms in total. The zero-order chi connectivity index (χ0) is 11.3. The Bertz CT molecular complexity index is 237. The third kappa shape index (κ3) is 3.49. The van der Waals surface area contributed by atoms with Crippen LogP contribution in [0.25, 0.3) is 0 Å². The fraction of sp³-hybridized carbons (Fsp3) is 0.778. The van der Waals surface area contributed by atoms with Crippen LogP contribution in [0.2, 0.25) is 0 Å². The monoisotopic (exact) mass is 217 g/mol. The molecule has 0 aromatic rings. The number of carboxylic acid groups (broad SMARTS) is 1. The highest BCUT2D eigenvalue weighted by Crippen LogP contribution is 2.11. The summed E-state index contributed by atoms with van der Waals surface area (Å²) in [6.07, 6.45) is 0.967. The summed E-state index contributed by atoms with van der Waals surface area (Å²) >= 11 is 0. The smallest absolute Gasteiger partial charge is 0.328 e. The first-order valence-electron chi connectivity index (χ1n) is 4.79. The molecule has 0 aliphatic carbocycles. The molecular formula is C9H15NO5. The van der Waals surface area contributed by atoms with Gasteiger partial charge in [0, 0.05) is 13.7 Å². The van der Waals surface area contributed by atoms with Crippen LogP contribution < -0.4 is 5.32 Å². The minimum Gasteiger partial charge on any atom is -0.480 e. The van der Waals surface area contributed by atoms with E-state index in [4.69, 9.17) is 14.6 Å². The van der Waals surface area contributed by atoms with Gasteiger partial charge in [0.25, 0.3) is 0 Å². The molecule has 0 spiro atoms. The summed E-state index contributed by atoms with van der Waals surface area (Å²) in [6, 6.07) is -1.01. The summed E-state index contributed by atoms with van der Waals surface area (Å²) in [6.45, 7) is 0.508. The van der Waals surface area contributed by atoms with Gasteiger partial charge in [0.05, 0.1) is 6.61 Å². The molecule has 1 heterocycles. The highest BCUT2D eigenvalue weighted by molar-refractivity contribution is 5.86. The standard InChI is InChI=1S/C9H15NO5/c1-14-5-6(9(12)13)10-8(11)7-3-2-4-15-7/h6-7H,2-5H2,1H3,(H,10,11)(H,12,13)/t6?,7-/m0/s1. The van der Waals surface area contributed by atoms with Crippen molar-refractivity contribution in [2.45, 2.75) is 25.0 Å². The molecule has 0 saturated carbocycles. The number of ether oxygens (including phenoxy) is 2. The summed E-state index contributed by atoms with van der Waals surface area (Å²) < 4.78 is 9.82. The van der Waals surface area contributed by atoms with Crippen LogP contribution in [-0.4, -0.2) is 49.5 Å². The van der Waals surface area contributed by atoms with Crippen LogP contribution in [-0.2, 0) is 19.1 Å². The Morgan fingerprint density at radius 2 is 2.40 bits per heavy atom. The molecule has 2 atom stereocenters. The molecular weight excluding hydrogens is 202 g/mol. The molecule has 0 aromatic heterocycles. The molecule has 1 amide bonds. The molecule has 0 aromatic carbocycles. The van der Waals surface area contributed by atoms with E-state index in [0.29, 0.717) is 13.0 Å². The highest BCUT2D eigenvalue weighted by atomic mass is 16.5. The molecule has 2 N–H and O–H groups in total. The largest absolute Gasteiger partial charge is 0.480 e. The predicted octanol–water partition coefficient (Wildman–Crippen LogP) is -0.619. The molecule has 15 heavy (non-hydrogen) atoms. The lowest BCUT2D eigenvalue weighted by atomic mass is 10.2. The second-order valence-electron chi connectivity index (χ2n) is 3.36. The molecule has 0 radical (unpaired) electrons. The van der Waals surface area contributed by atoms with Crippen LogP contribution in [0.15, 0.2) is 0 Å². The van der Waals surface area contributed by atoms with Crippen molar-refractivity contribution in [3.05, 3.63) is 0 Å². The Kier molecular flexibility index (Phi) is 4.51. The molecule has 1 saturated heterocycles. The Hall–Kier alpha value is -1.14. The van der Waals surface area contributed by atoms with Crippen LogP contribution in [0.4, 0.5) is 0 Å². The molecule has 1 unspecified atom stereocenters. The predicted molar refractivity (Wildman–Crippen MR) is 50.4 cm³/mol. The molecule has 1 aliphatic rings. The first-order valence-corrected chi connectivity index (χ1v) is 4.79. The summed E-state index contributed by atoms with van der Waals surface area (Å²) in [5.74, 6) is -1.49. The zero-order valence-corrected chi connectivity index (χ0v) is 8.56. The summed E-state index contributed by atoms with van der Waals surface area (Å²) in [7, 11) is 1.38. The van der Waals surface area contributed by atoms with Gasteiger partial charge in [-0.1, -0.05) is 0 Å². The van der Waals surface area contributed by atoms with Crippen LogP contribution in [0.1, 0.15) is 12.8 Å². The van der Waals surface area contributed by atoms with Crippen molar-refractivity contribution in [1.82, 2.24) is 5.32 Å². The average Bonchev–Trinajstić information content (AvgIpc) is 2.69. The number of methoxy groups -OCH3 is 1. The fourth-order valence-corrected chi connectivity index (χ4v) is 1.39. The van der Waals surface area contributed by atoms with E-state index in [1.165, 1.54) is 7.11 Å². The van der Waals surface area contributed by atoms with Gasteiger partial charge in [0.1, 0.15) is 6.10 Å². The Morgan fingerprint density at radius 3 is 2.87 bits per heavy atom. The van der Waals surface area contributed by atoms with Gasteiger partial charge in [-0.3, -0.25) is 4.79 Å². The van der Waals surface area contributed by atoms with Crippen LogP contribution >= 0.6 is 0 Å². The number of nitrogens with one attached hydrogen (secondary N) is 1. The van der Waals surface area contributed by atoms with E-state index in [9.17, 15) is 9.59 Å². The van der Waals surface area contributed by atoms with E-state index in [1.54, 1.807) is 0 Å². The number of hydrogen-bond donors (Lipinski definition) is 2. The summed E-state index contributed by atoms with van der Waals surface area (Å²) in [4.78, 5) is 22.2. The Morgan fingerprint density at radius 1 is 1.67 bits per heavy atom. The topological polar surface area (TPSA) is 84.9 Å². The fourth-order valence-electron chi connectivity index (χ4n) is 1.39. The van der Waals surface area contributed by atoms with Crippen molar-refractivity contribution < 1.29 is 24.2 Å². The van der Waals surface area contributed by atoms with E-state index in [2.05, 4.69) is 5.32 Å². The first-order chi connectivity index (χ1) is 7.15. The van der Waals surface area contributed by atoms with E-state index in [-0.39, 0.29) is 12.5 Å². The number of carbonyl (C=O) groups excluding carboxylic acids is 1. The van der Waals surface area contributed by atoms with Crippen molar-refractivity contribution >= 4 is 11.9 Å². The maximum Gasteiger partial charge on any atom is 0.328 e. The average molecular weight is 217 g/mol. The van der Waals surface area contributed by atoms with Crippen molar-refractivity contribution in [2.24, 2.45) is 0 Å². The molecule has 1 rings (SSSR count). The van der Waals surface area contributed by atoms with Gasteiger partial charge in [-0.15, -0.1) is 0 Å². The Balaban J connectivity index is 2.42. The summed E-state index contributed by atoms with van der Waals surface area (Å²) in [5.41, 5.74) is 0. The molecule has 1 fully saturated rings. The molecule has 1 aliphatic heterocycles. The van der Waals surface area contributed by atoms with Gasteiger partial charge < -0.3 is 19.9 Å². The zero-order valence-electron chi connectivity index (χ0n) is 8.56. The SMILES string of the molecule is COCC(NC(=O)[C@@H]1CCCO1)C(=O)O. The number of amides is 1. The van der Waals surface area contributed by atoms with E-state index < -0.39 is 18.1 Å². The third-order valence-corrected chi connectivity index (χ3v) is 2.17. The van der Waals surface area contributed by atoms with Crippen LogP contribution in [0.5, 0.6) is 0 Å². The lowest BCUT2D eigenvalue weighted by Gasteiger charge is -2.16. The number of hydrogen-bond acceptors (Lipinski definition) is 4. The van der Waals surface area contributed by atoms with Crippen molar-refractivity contribution in [1.29, 1.82) is 0 Å². The van der Waals surface area contributed by atoms with E-state index >= 15 is 0 Å². The normalized spacial score (nSPS) is 22.3. The third-order valence-electron chi connectivity index (χ3n) is 2.17. The first kappa shape index (κ1) is 11.9. The molecule has 6 heteroatoms. The van der Waals surface area contributed by atoms with Gasteiger partial charge in [-0.05, 0) is 12.8 Å². The van der Waals surface area contributed by atoms with E-state index in [0.717, 1.165) is 6.42 Å². The number of rotatable bonds is 5. The molecule has 86 valence electrons. The van der Waals surface area contributed by atoms with Crippen molar-refractivity contribution in [2.75, 3.05) is 20.3 Å². The number of carboxylic acids is 1. The van der Waals surface area contributed by atoms with Gasteiger partial charge in [0.2, 0.25) is 5.91 Å². The highest BCUT2D eigenvalue weighted by Gasteiger charge is 2.27. The van der Waals surface area contributed by atoms with Gasteiger partial charge in [-0.2, -0.15) is 0 Å².